The largest absolute Gasteiger partial charge is 0.508 e. The highest BCUT2D eigenvalue weighted by molar-refractivity contribution is 5.90. The minimum atomic E-state index is 0.0215. The third-order valence-electron chi connectivity index (χ3n) is 6.30. The van der Waals surface area contributed by atoms with E-state index in [1.807, 2.05) is 30.3 Å². The predicted octanol–water partition coefficient (Wildman–Crippen LogP) is 5.63. The monoisotopic (exact) mass is 434 g/mol. The molecule has 1 fully saturated rings. The number of Topliss-reactive ketones (excluding diaryl/α,β-unsaturated/α-hetero) is 1. The Hall–Kier alpha value is -3.05. The number of fused-ring (bicyclic) bond motifs is 1. The average molecular weight is 435 g/mol. The molecule has 1 aliphatic rings. The molecule has 0 saturated carbocycles. The van der Waals surface area contributed by atoms with Crippen molar-refractivity contribution in [2.45, 2.75) is 45.1 Å². The minimum Gasteiger partial charge on any atom is -0.508 e. The van der Waals surface area contributed by atoms with Crippen LogP contribution in [0, 0.1) is 5.92 Å². The molecule has 0 amide bonds. The van der Waals surface area contributed by atoms with E-state index in [1.54, 1.807) is 18.2 Å². The second kappa shape index (κ2) is 9.61. The SMILES string of the molecule is COc1c(O)ccc(CCC(=O)C[C@H]2C[C@@H](C)CCO2)c1-c1ccc2ccc(O)cc2c1. The number of carbonyl (C=O) groups is 1. The third kappa shape index (κ3) is 4.89. The molecule has 0 aliphatic carbocycles. The molecule has 4 rings (SSSR count). The Morgan fingerprint density at radius 3 is 2.69 bits per heavy atom. The molecule has 168 valence electrons. The smallest absolute Gasteiger partial charge is 0.168 e. The zero-order valence-electron chi connectivity index (χ0n) is 18.6. The van der Waals surface area contributed by atoms with Crippen molar-refractivity contribution >= 4 is 16.6 Å². The number of methoxy groups -OCH3 is 1. The Labute approximate surface area is 188 Å². The molecule has 1 heterocycles. The van der Waals surface area contributed by atoms with E-state index in [0.29, 0.717) is 30.9 Å². The molecular formula is C27H30O5. The first kappa shape index (κ1) is 22.2. The van der Waals surface area contributed by atoms with Gasteiger partial charge in [0.2, 0.25) is 0 Å². The van der Waals surface area contributed by atoms with Crippen molar-refractivity contribution in [2.24, 2.45) is 5.92 Å². The molecule has 3 aromatic rings. The Morgan fingerprint density at radius 1 is 1.09 bits per heavy atom. The summed E-state index contributed by atoms with van der Waals surface area (Å²) in [6, 6.07) is 14.6. The number of ketones is 1. The molecule has 32 heavy (non-hydrogen) atoms. The highest BCUT2D eigenvalue weighted by Crippen LogP contribution is 2.41. The summed E-state index contributed by atoms with van der Waals surface area (Å²) in [5.41, 5.74) is 2.57. The van der Waals surface area contributed by atoms with Gasteiger partial charge in [0.1, 0.15) is 11.5 Å². The summed E-state index contributed by atoms with van der Waals surface area (Å²) in [6.45, 7) is 2.94. The first-order valence-corrected chi connectivity index (χ1v) is 11.2. The summed E-state index contributed by atoms with van der Waals surface area (Å²) in [5.74, 6) is 1.42. The Morgan fingerprint density at radius 2 is 1.91 bits per heavy atom. The van der Waals surface area contributed by atoms with Gasteiger partial charge in [0.25, 0.3) is 0 Å². The molecule has 2 N–H and O–H groups in total. The van der Waals surface area contributed by atoms with Crippen LogP contribution in [-0.2, 0) is 16.0 Å². The van der Waals surface area contributed by atoms with Gasteiger partial charge in [0.05, 0.1) is 13.2 Å². The number of carbonyl (C=O) groups excluding carboxylic acids is 1. The van der Waals surface area contributed by atoms with E-state index < -0.39 is 0 Å². The maximum atomic E-state index is 12.7. The van der Waals surface area contributed by atoms with Crippen LogP contribution < -0.4 is 4.74 Å². The lowest BCUT2D eigenvalue weighted by molar-refractivity contribution is -0.123. The second-order valence-electron chi connectivity index (χ2n) is 8.76. The van der Waals surface area contributed by atoms with Crippen molar-refractivity contribution < 1.29 is 24.5 Å². The van der Waals surface area contributed by atoms with Crippen LogP contribution in [0.2, 0.25) is 0 Å². The fourth-order valence-electron chi connectivity index (χ4n) is 4.58. The van der Waals surface area contributed by atoms with Crippen LogP contribution in [0.25, 0.3) is 21.9 Å². The number of phenolic OH excluding ortho intramolecular Hbond substituents is 2. The summed E-state index contributed by atoms with van der Waals surface area (Å²) in [5, 5.41) is 22.2. The number of ether oxygens (including phenoxy) is 2. The molecular weight excluding hydrogens is 404 g/mol. The summed E-state index contributed by atoms with van der Waals surface area (Å²) >= 11 is 0. The number of phenols is 2. The van der Waals surface area contributed by atoms with E-state index in [0.717, 1.165) is 46.9 Å². The van der Waals surface area contributed by atoms with E-state index in [9.17, 15) is 15.0 Å². The van der Waals surface area contributed by atoms with Crippen LogP contribution in [0.3, 0.4) is 0 Å². The van der Waals surface area contributed by atoms with Crippen molar-refractivity contribution in [3.63, 3.8) is 0 Å². The Balaban J connectivity index is 1.60. The summed E-state index contributed by atoms with van der Waals surface area (Å²) in [7, 11) is 1.53. The van der Waals surface area contributed by atoms with Crippen molar-refractivity contribution in [3.8, 4) is 28.4 Å². The number of benzene rings is 3. The van der Waals surface area contributed by atoms with E-state index >= 15 is 0 Å². The van der Waals surface area contributed by atoms with Gasteiger partial charge in [0, 0.05) is 25.0 Å². The van der Waals surface area contributed by atoms with Crippen LogP contribution in [-0.4, -0.2) is 35.8 Å². The third-order valence-corrected chi connectivity index (χ3v) is 6.30. The molecule has 0 bridgehead atoms. The first-order valence-electron chi connectivity index (χ1n) is 11.2. The average Bonchev–Trinajstić information content (AvgIpc) is 2.77. The van der Waals surface area contributed by atoms with Gasteiger partial charge in [-0.3, -0.25) is 4.79 Å². The molecule has 3 aromatic carbocycles. The first-order chi connectivity index (χ1) is 15.4. The molecule has 5 heteroatoms. The van der Waals surface area contributed by atoms with Crippen LogP contribution in [0.4, 0.5) is 0 Å². The number of hydrogen-bond acceptors (Lipinski definition) is 5. The minimum absolute atomic E-state index is 0.0215. The van der Waals surface area contributed by atoms with Gasteiger partial charge in [-0.25, -0.2) is 0 Å². The fourth-order valence-corrected chi connectivity index (χ4v) is 4.58. The molecule has 5 nitrogen and oxygen atoms in total. The van der Waals surface area contributed by atoms with Gasteiger partial charge in [0.15, 0.2) is 11.5 Å². The topological polar surface area (TPSA) is 76.0 Å². The van der Waals surface area contributed by atoms with Crippen molar-refractivity contribution in [2.75, 3.05) is 13.7 Å². The van der Waals surface area contributed by atoms with Crippen LogP contribution in [0.15, 0.2) is 48.5 Å². The highest BCUT2D eigenvalue weighted by Gasteiger charge is 2.23. The van der Waals surface area contributed by atoms with Gasteiger partial charge >= 0.3 is 0 Å². The van der Waals surface area contributed by atoms with E-state index in [1.165, 1.54) is 7.11 Å². The molecule has 1 aliphatic heterocycles. The molecule has 2 atom stereocenters. The van der Waals surface area contributed by atoms with Gasteiger partial charge in [-0.15, -0.1) is 0 Å². The van der Waals surface area contributed by atoms with Gasteiger partial charge in [-0.05, 0) is 71.3 Å². The number of aryl methyl sites for hydroxylation is 1. The maximum Gasteiger partial charge on any atom is 0.168 e. The lowest BCUT2D eigenvalue weighted by Crippen LogP contribution is -2.26. The lowest BCUT2D eigenvalue weighted by atomic mass is 9.91. The number of aromatic hydroxyl groups is 2. The zero-order valence-corrected chi connectivity index (χ0v) is 18.6. The molecule has 0 aromatic heterocycles. The molecule has 0 radical (unpaired) electrons. The van der Waals surface area contributed by atoms with Crippen LogP contribution >= 0.6 is 0 Å². The zero-order chi connectivity index (χ0) is 22.7. The van der Waals surface area contributed by atoms with Crippen LogP contribution in [0.1, 0.15) is 38.2 Å². The Bertz CT molecular complexity index is 1120. The van der Waals surface area contributed by atoms with E-state index in [2.05, 4.69) is 6.92 Å². The Kier molecular flexibility index (Phi) is 6.66. The number of hydrogen-bond donors (Lipinski definition) is 2. The van der Waals surface area contributed by atoms with Crippen molar-refractivity contribution in [1.82, 2.24) is 0 Å². The number of rotatable bonds is 7. The molecule has 0 unspecified atom stereocenters. The standard InChI is InChI=1S/C27H30O5/c1-17-11-12-32-24(13-17)16-23(29)9-6-19-7-10-25(30)27(31-2)26(19)20-4-3-18-5-8-22(28)15-21(18)14-20/h3-5,7-8,10,14-15,17,24,28,30H,6,9,11-13,16H2,1-2H3/t17-,24+/m0/s1. The quantitative estimate of drug-likeness (QED) is 0.504. The highest BCUT2D eigenvalue weighted by atomic mass is 16.5. The van der Waals surface area contributed by atoms with Gasteiger partial charge in [-0.1, -0.05) is 31.2 Å². The fraction of sp³-hybridized carbons (Fsp3) is 0.370. The summed E-state index contributed by atoms with van der Waals surface area (Å²) in [4.78, 5) is 12.7. The van der Waals surface area contributed by atoms with E-state index in [4.69, 9.17) is 9.47 Å². The van der Waals surface area contributed by atoms with Crippen molar-refractivity contribution in [3.05, 3.63) is 54.1 Å². The lowest BCUT2D eigenvalue weighted by Gasteiger charge is -2.26. The van der Waals surface area contributed by atoms with Crippen LogP contribution in [0.5, 0.6) is 17.2 Å². The predicted molar refractivity (Wildman–Crippen MR) is 125 cm³/mol. The van der Waals surface area contributed by atoms with Gasteiger partial charge < -0.3 is 19.7 Å². The van der Waals surface area contributed by atoms with E-state index in [-0.39, 0.29) is 23.4 Å². The van der Waals surface area contributed by atoms with Gasteiger partial charge in [-0.2, -0.15) is 0 Å². The molecule has 1 saturated heterocycles. The molecule has 0 spiro atoms. The van der Waals surface area contributed by atoms with Crippen molar-refractivity contribution in [1.29, 1.82) is 0 Å². The maximum absolute atomic E-state index is 12.7. The second-order valence-corrected chi connectivity index (χ2v) is 8.76. The summed E-state index contributed by atoms with van der Waals surface area (Å²) < 4.78 is 11.3. The summed E-state index contributed by atoms with van der Waals surface area (Å²) in [6.07, 6.45) is 3.42. The normalized spacial score (nSPS) is 18.6.